The van der Waals surface area contributed by atoms with E-state index in [1.807, 2.05) is 6.08 Å². The van der Waals surface area contributed by atoms with Crippen LogP contribution in [0.2, 0.25) is 0 Å². The summed E-state index contributed by atoms with van der Waals surface area (Å²) in [7, 11) is 0. The number of allylic oxidation sites excluding steroid dienone is 1. The molecular formula is C30H34. The fraction of sp³-hybridized carbons (Fsp3) is 0.267. The highest BCUT2D eigenvalue weighted by Crippen LogP contribution is 2.35. The molecule has 30 heavy (non-hydrogen) atoms. The minimum atomic E-state index is 0.0316. The number of hydrogen-bond acceptors (Lipinski definition) is 0. The van der Waals surface area contributed by atoms with Crippen LogP contribution in [0.4, 0.5) is 0 Å². The minimum Gasteiger partial charge on any atom is -0.0984 e. The van der Waals surface area contributed by atoms with E-state index in [1.54, 1.807) is 0 Å². The molecule has 1 unspecified atom stereocenters. The second-order valence-electron chi connectivity index (χ2n) is 8.51. The standard InChI is InChI=1S/C30H34/c1-7-23(5)29-21-25(12-15-26(29)8-2)20-24-13-18-28(19-14-24)30(6,9-3)27-16-10-22(4)11-17-27/h8,10-19,21H,2,5,7,9,20H2,1,3-4,6H3. The summed E-state index contributed by atoms with van der Waals surface area (Å²) in [5.74, 6) is 0. The molecule has 0 aliphatic carbocycles. The van der Waals surface area contributed by atoms with Gasteiger partial charge in [0, 0.05) is 5.41 Å². The largest absolute Gasteiger partial charge is 0.0984 e. The molecule has 0 bridgehead atoms. The van der Waals surface area contributed by atoms with E-state index in [0.29, 0.717) is 0 Å². The van der Waals surface area contributed by atoms with E-state index in [9.17, 15) is 0 Å². The van der Waals surface area contributed by atoms with Crippen LogP contribution in [0.1, 0.15) is 72.6 Å². The molecule has 3 aromatic rings. The van der Waals surface area contributed by atoms with Gasteiger partial charge in [0.05, 0.1) is 0 Å². The van der Waals surface area contributed by atoms with Crippen LogP contribution in [0, 0.1) is 6.92 Å². The maximum absolute atomic E-state index is 4.23. The molecular weight excluding hydrogens is 360 g/mol. The molecule has 154 valence electrons. The number of rotatable bonds is 8. The molecule has 0 heteroatoms. The Morgan fingerprint density at radius 1 is 0.867 bits per heavy atom. The summed E-state index contributed by atoms with van der Waals surface area (Å²) in [6.45, 7) is 17.1. The van der Waals surface area contributed by atoms with Crippen molar-refractivity contribution in [1.29, 1.82) is 0 Å². The van der Waals surface area contributed by atoms with Crippen LogP contribution in [0.3, 0.4) is 0 Å². The Labute approximate surface area is 183 Å². The Bertz CT molecular complexity index is 1020. The average molecular weight is 395 g/mol. The number of hydrogen-bond donors (Lipinski definition) is 0. The zero-order chi connectivity index (χ0) is 21.7. The van der Waals surface area contributed by atoms with Crippen molar-refractivity contribution in [3.8, 4) is 0 Å². The first kappa shape index (κ1) is 21.8. The van der Waals surface area contributed by atoms with Gasteiger partial charge in [-0.1, -0.05) is 112 Å². The van der Waals surface area contributed by atoms with Crippen LogP contribution in [0.15, 0.2) is 79.9 Å². The quantitative estimate of drug-likeness (QED) is 0.360. The number of aryl methyl sites for hydroxylation is 1. The smallest absolute Gasteiger partial charge is 0.0172 e. The lowest BCUT2D eigenvalue weighted by molar-refractivity contribution is 0.549. The summed E-state index contributed by atoms with van der Waals surface area (Å²) < 4.78 is 0. The van der Waals surface area contributed by atoms with Crippen LogP contribution >= 0.6 is 0 Å². The van der Waals surface area contributed by atoms with Crippen molar-refractivity contribution in [3.05, 3.63) is 119 Å². The monoisotopic (exact) mass is 394 g/mol. The van der Waals surface area contributed by atoms with E-state index >= 15 is 0 Å². The lowest BCUT2D eigenvalue weighted by Gasteiger charge is -2.30. The summed E-state index contributed by atoms with van der Waals surface area (Å²) in [6, 6.07) is 24.8. The van der Waals surface area contributed by atoms with Gasteiger partial charge in [-0.05, 0) is 65.1 Å². The van der Waals surface area contributed by atoms with Gasteiger partial charge < -0.3 is 0 Å². The molecule has 0 spiro atoms. The van der Waals surface area contributed by atoms with Gasteiger partial charge in [0.25, 0.3) is 0 Å². The molecule has 0 aromatic heterocycles. The Hall–Kier alpha value is -2.86. The van der Waals surface area contributed by atoms with Crippen molar-refractivity contribution in [2.24, 2.45) is 0 Å². The fourth-order valence-corrected chi connectivity index (χ4v) is 4.11. The molecule has 0 amide bonds. The lowest BCUT2D eigenvalue weighted by atomic mass is 9.74. The molecule has 0 aliphatic heterocycles. The third-order valence-corrected chi connectivity index (χ3v) is 6.54. The fourth-order valence-electron chi connectivity index (χ4n) is 4.11. The van der Waals surface area contributed by atoms with Crippen molar-refractivity contribution in [3.63, 3.8) is 0 Å². The zero-order valence-electron chi connectivity index (χ0n) is 19.0. The summed E-state index contributed by atoms with van der Waals surface area (Å²) in [6.07, 6.45) is 4.87. The van der Waals surface area contributed by atoms with Crippen molar-refractivity contribution in [2.45, 2.75) is 52.4 Å². The molecule has 0 saturated carbocycles. The SMILES string of the molecule is C=Cc1ccc(Cc2ccc(C(C)(CC)c3ccc(C)cc3)cc2)cc1C(=C)CC. The summed E-state index contributed by atoms with van der Waals surface area (Å²) >= 11 is 0. The summed E-state index contributed by atoms with van der Waals surface area (Å²) in [5, 5.41) is 0. The van der Waals surface area contributed by atoms with Crippen LogP contribution in [-0.4, -0.2) is 0 Å². The van der Waals surface area contributed by atoms with Gasteiger partial charge in [0.2, 0.25) is 0 Å². The Morgan fingerprint density at radius 3 is 1.97 bits per heavy atom. The summed E-state index contributed by atoms with van der Waals surface area (Å²) in [5.41, 5.74) is 10.3. The molecule has 0 radical (unpaired) electrons. The molecule has 0 saturated heterocycles. The second-order valence-corrected chi connectivity index (χ2v) is 8.51. The predicted octanol–water partition coefficient (Wildman–Crippen LogP) is 8.37. The molecule has 1 atom stereocenters. The van der Waals surface area contributed by atoms with E-state index in [1.165, 1.54) is 39.0 Å². The van der Waals surface area contributed by atoms with Gasteiger partial charge in [-0.15, -0.1) is 0 Å². The van der Waals surface area contributed by atoms with Crippen molar-refractivity contribution >= 4 is 11.6 Å². The highest BCUT2D eigenvalue weighted by Gasteiger charge is 2.26. The second kappa shape index (κ2) is 9.30. The number of benzene rings is 3. The summed E-state index contributed by atoms with van der Waals surface area (Å²) in [4.78, 5) is 0. The average Bonchev–Trinajstić information content (AvgIpc) is 2.79. The van der Waals surface area contributed by atoms with Gasteiger partial charge in [-0.25, -0.2) is 0 Å². The maximum Gasteiger partial charge on any atom is 0.0172 e. The van der Waals surface area contributed by atoms with Gasteiger partial charge in [0.1, 0.15) is 0 Å². The van der Waals surface area contributed by atoms with E-state index in [2.05, 4.69) is 108 Å². The van der Waals surface area contributed by atoms with Crippen molar-refractivity contribution in [2.75, 3.05) is 0 Å². The normalized spacial score (nSPS) is 12.9. The van der Waals surface area contributed by atoms with E-state index in [0.717, 1.165) is 24.8 Å². The van der Waals surface area contributed by atoms with E-state index in [4.69, 9.17) is 0 Å². The predicted molar refractivity (Wildman–Crippen MR) is 133 cm³/mol. The third kappa shape index (κ3) is 4.49. The van der Waals surface area contributed by atoms with Gasteiger partial charge >= 0.3 is 0 Å². The lowest BCUT2D eigenvalue weighted by Crippen LogP contribution is -2.22. The van der Waals surface area contributed by atoms with Crippen LogP contribution in [0.25, 0.3) is 11.6 Å². The molecule has 0 aliphatic rings. The minimum absolute atomic E-state index is 0.0316. The van der Waals surface area contributed by atoms with Crippen LogP contribution in [0.5, 0.6) is 0 Å². The van der Waals surface area contributed by atoms with E-state index < -0.39 is 0 Å². The van der Waals surface area contributed by atoms with Gasteiger partial charge in [-0.3, -0.25) is 0 Å². The topological polar surface area (TPSA) is 0 Å². The molecule has 0 fully saturated rings. The Balaban J connectivity index is 1.86. The maximum atomic E-state index is 4.23. The van der Waals surface area contributed by atoms with Crippen LogP contribution < -0.4 is 0 Å². The van der Waals surface area contributed by atoms with Gasteiger partial charge in [-0.2, -0.15) is 0 Å². The highest BCUT2D eigenvalue weighted by molar-refractivity contribution is 5.73. The third-order valence-electron chi connectivity index (χ3n) is 6.54. The Kier molecular flexibility index (Phi) is 6.77. The zero-order valence-corrected chi connectivity index (χ0v) is 19.0. The molecule has 0 heterocycles. The molecule has 3 rings (SSSR count). The van der Waals surface area contributed by atoms with Gasteiger partial charge in [0.15, 0.2) is 0 Å². The van der Waals surface area contributed by atoms with E-state index in [-0.39, 0.29) is 5.41 Å². The molecule has 3 aromatic carbocycles. The highest BCUT2D eigenvalue weighted by atomic mass is 14.3. The first-order chi connectivity index (χ1) is 14.4. The van der Waals surface area contributed by atoms with Crippen molar-refractivity contribution in [1.82, 2.24) is 0 Å². The first-order valence-corrected chi connectivity index (χ1v) is 11.0. The Morgan fingerprint density at radius 2 is 1.43 bits per heavy atom. The van der Waals surface area contributed by atoms with Crippen molar-refractivity contribution < 1.29 is 0 Å². The first-order valence-electron chi connectivity index (χ1n) is 11.0. The molecule has 0 nitrogen and oxygen atoms in total. The molecule has 0 N–H and O–H groups in total. The van der Waals surface area contributed by atoms with Crippen LogP contribution in [-0.2, 0) is 11.8 Å².